The predicted octanol–water partition coefficient (Wildman–Crippen LogP) is 6.18. The van der Waals surface area contributed by atoms with Gasteiger partial charge in [-0.2, -0.15) is 8.62 Å². The molecule has 3 heterocycles. The van der Waals surface area contributed by atoms with Crippen molar-refractivity contribution in [3.05, 3.63) is 75.2 Å². The summed E-state index contributed by atoms with van der Waals surface area (Å²) >= 11 is 0. The molecule has 1 aliphatic heterocycles. The first-order chi connectivity index (χ1) is 31.1. The number of nitrogens with one attached hydrogen (secondary N) is 1. The fourth-order valence-electron chi connectivity index (χ4n) is 6.78. The number of H-pyrrole nitrogens is 1. The molecule has 374 valence electrons. The minimum Gasteiger partial charge on any atom is -0.497 e. The van der Waals surface area contributed by atoms with Crippen LogP contribution in [0.1, 0.15) is 86.6 Å². The van der Waals surface area contributed by atoms with Crippen molar-refractivity contribution >= 4 is 34.2 Å². The number of aromatic amines is 1. The van der Waals surface area contributed by atoms with Crippen LogP contribution in [0.25, 0.3) is 22.0 Å². The zero-order chi connectivity index (χ0) is 49.8. The average molecular weight is 993 g/mol. The molecular weight excluding hydrogens is 921 g/mol. The molecule has 5 N–H and O–H groups in total. The monoisotopic (exact) mass is 992 g/mol. The fourth-order valence-corrected chi connectivity index (χ4v) is 9.81. The van der Waals surface area contributed by atoms with Crippen molar-refractivity contribution in [2.45, 2.75) is 94.0 Å². The Morgan fingerprint density at radius 2 is 1.27 bits per heavy atom. The normalized spacial score (nSPS) is 17.9. The van der Waals surface area contributed by atoms with E-state index in [1.165, 1.54) is 82.9 Å². The molecule has 0 bridgehead atoms. The van der Waals surface area contributed by atoms with Crippen molar-refractivity contribution in [1.82, 2.24) is 39.2 Å². The molecule has 5 rings (SSSR count). The molecule has 22 nitrogen and oxygen atoms in total. The summed E-state index contributed by atoms with van der Waals surface area (Å²) in [5.41, 5.74) is -0.0602. The number of aryl methyl sites for hydroxylation is 1. The van der Waals surface area contributed by atoms with Gasteiger partial charge in [0.2, 0.25) is 0 Å². The maximum Gasteiger partial charge on any atom is 0.490 e. The van der Waals surface area contributed by atoms with Gasteiger partial charge in [-0.05, 0) is 94.8 Å². The smallest absolute Gasteiger partial charge is 0.490 e. The number of nitrogens with zero attached hydrogens (tertiary/aromatic N) is 7. The molecule has 2 unspecified atom stereocenters. The van der Waals surface area contributed by atoms with Crippen LogP contribution in [-0.4, -0.2) is 138 Å². The van der Waals surface area contributed by atoms with E-state index in [0.717, 1.165) is 15.3 Å². The van der Waals surface area contributed by atoms with E-state index in [2.05, 4.69) is 101 Å². The number of hydrogen-bond donors (Lipinski definition) is 5. The summed E-state index contributed by atoms with van der Waals surface area (Å²) in [6.07, 6.45) is 0.468. The standard InChI is InChI=1S/C23H26N5O14P3.3C6H15N/c1-13-11-27(23(30)25-22(13)29)21-9-18(20(40-21)12-39-44(34,35)42-45(36,37)41-43(31,32)33)28-19(10-24-26-28)16-4-3-15-8-17(38-2)6-5-14(15)7-16;3*1-4-7(5-2)6-3/h3-8,10-11,18,20-21H,9,12H2,1-2H3,(H,34,35)(H,36,37)(H,25,29,30)(H2,31,32,33);3*4-6H2,1-3H3/t18-,20+,21+;;;/m0.../s1. The van der Waals surface area contributed by atoms with E-state index in [1.807, 2.05) is 24.3 Å². The third-order valence-electron chi connectivity index (χ3n) is 10.7. The molecule has 1 saturated heterocycles. The first-order valence-corrected chi connectivity index (χ1v) is 26.5. The largest absolute Gasteiger partial charge is 0.497 e. The number of hydrogen-bond acceptors (Lipinski definition) is 15. The molecule has 2 aromatic carbocycles. The average Bonchev–Trinajstić information content (AvgIpc) is 3.93. The van der Waals surface area contributed by atoms with Crippen molar-refractivity contribution in [2.24, 2.45) is 0 Å². The zero-order valence-corrected chi connectivity index (χ0v) is 42.7. The van der Waals surface area contributed by atoms with E-state index < -0.39 is 59.7 Å². The van der Waals surface area contributed by atoms with Crippen LogP contribution in [0, 0.1) is 6.92 Å². The van der Waals surface area contributed by atoms with E-state index in [-0.39, 0.29) is 12.0 Å². The lowest BCUT2D eigenvalue weighted by molar-refractivity contribution is -0.0317. The van der Waals surface area contributed by atoms with Crippen LogP contribution < -0.4 is 16.0 Å². The summed E-state index contributed by atoms with van der Waals surface area (Å²) in [4.78, 5) is 70.9. The number of phosphoric ester groups is 1. The topological polar surface area (TPSA) is 274 Å². The highest BCUT2D eigenvalue weighted by Crippen LogP contribution is 2.66. The van der Waals surface area contributed by atoms with Crippen molar-refractivity contribution in [3.63, 3.8) is 0 Å². The molecule has 2 aromatic heterocycles. The Hall–Kier alpha value is -3.43. The highest BCUT2D eigenvalue weighted by molar-refractivity contribution is 7.66. The van der Waals surface area contributed by atoms with Crippen LogP contribution >= 0.6 is 23.5 Å². The SMILES string of the molecule is CCN(CC)CC.CCN(CC)CC.CCN(CC)CC.COc1ccc2cc(-c3cnnn3[C@H]3C[C@H](n4cc(C)c(=O)[nH]c4=O)O[C@@H]3COP(=O)(O)OP(=O)(O)OP(=O)(O)O)ccc2c1. The lowest BCUT2D eigenvalue weighted by Crippen LogP contribution is -2.33. The van der Waals surface area contributed by atoms with Gasteiger partial charge < -0.3 is 43.7 Å². The van der Waals surface area contributed by atoms with Gasteiger partial charge in [-0.3, -0.25) is 18.9 Å². The van der Waals surface area contributed by atoms with E-state index in [9.17, 15) is 33.1 Å². The Morgan fingerprint density at radius 3 is 1.76 bits per heavy atom. The zero-order valence-electron chi connectivity index (χ0n) is 40.0. The van der Waals surface area contributed by atoms with Gasteiger partial charge in [0.25, 0.3) is 5.56 Å². The molecule has 5 atom stereocenters. The van der Waals surface area contributed by atoms with Crippen molar-refractivity contribution < 1.29 is 55.9 Å². The van der Waals surface area contributed by atoms with Crippen LogP contribution in [0.2, 0.25) is 0 Å². The molecule has 0 radical (unpaired) electrons. The lowest BCUT2D eigenvalue weighted by Gasteiger charge is -2.22. The third-order valence-corrected chi connectivity index (χ3v) is 14.5. The summed E-state index contributed by atoms with van der Waals surface area (Å²) in [5.74, 6) is 0.669. The second kappa shape index (κ2) is 28.2. The van der Waals surface area contributed by atoms with Crippen molar-refractivity contribution in [3.8, 4) is 17.0 Å². The molecule has 0 saturated carbocycles. The highest BCUT2D eigenvalue weighted by atomic mass is 31.3. The van der Waals surface area contributed by atoms with Crippen molar-refractivity contribution in [1.29, 1.82) is 0 Å². The Balaban J connectivity index is 0.000000589. The van der Waals surface area contributed by atoms with Gasteiger partial charge in [-0.1, -0.05) is 85.7 Å². The van der Waals surface area contributed by atoms with Crippen LogP contribution in [-0.2, 0) is 31.6 Å². The number of methoxy groups -OCH3 is 1. The van der Waals surface area contributed by atoms with E-state index in [4.69, 9.17) is 23.8 Å². The van der Waals surface area contributed by atoms with Gasteiger partial charge in [0.1, 0.15) is 18.1 Å². The Labute approximate surface area is 387 Å². The maximum absolute atomic E-state index is 12.6. The van der Waals surface area contributed by atoms with Gasteiger partial charge in [0.05, 0.1) is 31.6 Å². The lowest BCUT2D eigenvalue weighted by atomic mass is 10.0. The molecule has 25 heteroatoms. The van der Waals surface area contributed by atoms with Gasteiger partial charge in [0, 0.05) is 23.7 Å². The summed E-state index contributed by atoms with van der Waals surface area (Å²) < 4.78 is 61.4. The molecule has 66 heavy (non-hydrogen) atoms. The minimum absolute atomic E-state index is 0.00302. The van der Waals surface area contributed by atoms with Gasteiger partial charge >= 0.3 is 29.2 Å². The molecule has 0 aliphatic carbocycles. The molecular formula is C41H71N8O14P3. The third kappa shape index (κ3) is 18.9. The Morgan fingerprint density at radius 1 is 0.758 bits per heavy atom. The first-order valence-electron chi connectivity index (χ1n) is 22.0. The molecule has 1 fully saturated rings. The van der Waals surface area contributed by atoms with Crippen LogP contribution in [0.3, 0.4) is 0 Å². The predicted molar refractivity (Wildman–Crippen MR) is 253 cm³/mol. The number of aromatic nitrogens is 5. The van der Waals surface area contributed by atoms with E-state index in [0.29, 0.717) is 17.0 Å². The number of phosphoric acid groups is 3. The quantitative estimate of drug-likeness (QED) is 0.0618. The first kappa shape index (κ1) is 58.7. The molecule has 1 aliphatic rings. The summed E-state index contributed by atoms with van der Waals surface area (Å²) in [5, 5.41) is 9.93. The number of ether oxygens (including phenoxy) is 2. The number of benzene rings is 2. The number of fused-ring (bicyclic) bond motifs is 1. The van der Waals surface area contributed by atoms with Crippen LogP contribution in [0.4, 0.5) is 0 Å². The minimum atomic E-state index is -5.77. The maximum atomic E-state index is 12.6. The second-order valence-electron chi connectivity index (χ2n) is 14.6. The highest BCUT2D eigenvalue weighted by Gasteiger charge is 2.44. The second-order valence-corrected chi connectivity index (χ2v) is 19.1. The van der Waals surface area contributed by atoms with Crippen LogP contribution in [0.15, 0.2) is 58.4 Å². The molecule has 4 aromatic rings. The van der Waals surface area contributed by atoms with Gasteiger partial charge in [-0.15, -0.1) is 5.10 Å². The van der Waals surface area contributed by atoms with E-state index in [1.54, 1.807) is 19.2 Å². The van der Waals surface area contributed by atoms with E-state index >= 15 is 0 Å². The fraction of sp³-hybridized carbons (Fsp3) is 0.610. The van der Waals surface area contributed by atoms with Crippen LogP contribution in [0.5, 0.6) is 5.75 Å². The Kier molecular flexibility index (Phi) is 25.0. The van der Waals surface area contributed by atoms with Crippen molar-refractivity contribution in [2.75, 3.05) is 72.6 Å². The summed E-state index contributed by atoms with van der Waals surface area (Å²) in [6, 6.07) is 10.2. The summed E-state index contributed by atoms with van der Waals surface area (Å²) in [7, 11) is -15.3. The molecule has 0 spiro atoms. The van der Waals surface area contributed by atoms with Gasteiger partial charge in [-0.25, -0.2) is 23.2 Å². The number of rotatable bonds is 20. The van der Waals surface area contributed by atoms with Gasteiger partial charge in [0.15, 0.2) is 0 Å². The summed E-state index contributed by atoms with van der Waals surface area (Å²) in [6.45, 7) is 31.0. The molecule has 0 amide bonds. The Bertz CT molecular complexity index is 2280.